The van der Waals surface area contributed by atoms with E-state index in [1.807, 2.05) is 12.1 Å². The summed E-state index contributed by atoms with van der Waals surface area (Å²) < 4.78 is 5.13. The minimum Gasteiger partial charge on any atom is -0.447 e. The minimum atomic E-state index is -0.230. The van der Waals surface area contributed by atoms with Crippen LogP contribution in [0.15, 0.2) is 24.3 Å². The lowest BCUT2D eigenvalue weighted by Gasteiger charge is -2.22. The third-order valence-electron chi connectivity index (χ3n) is 3.13. The molecule has 1 fully saturated rings. The summed E-state index contributed by atoms with van der Waals surface area (Å²) in [7, 11) is 0. The molecule has 92 valence electrons. The highest BCUT2D eigenvalue weighted by molar-refractivity contribution is 5.70. The predicted octanol–water partition coefficient (Wildman–Crippen LogP) is 1.84. The molecule has 4 heteroatoms. The normalized spacial score (nSPS) is 19.5. The first kappa shape index (κ1) is 11.9. The quantitative estimate of drug-likeness (QED) is 0.864. The number of nitrogens with two attached hydrogens (primary N) is 1. The van der Waals surface area contributed by atoms with Crippen LogP contribution in [0.5, 0.6) is 0 Å². The van der Waals surface area contributed by atoms with Crippen LogP contribution in [-0.2, 0) is 4.74 Å². The topological polar surface area (TPSA) is 55.6 Å². The monoisotopic (exact) mass is 234 g/mol. The third kappa shape index (κ3) is 2.42. The van der Waals surface area contributed by atoms with Gasteiger partial charge in [0.25, 0.3) is 0 Å². The fourth-order valence-corrected chi connectivity index (χ4v) is 2.18. The smallest absolute Gasteiger partial charge is 0.410 e. The van der Waals surface area contributed by atoms with Gasteiger partial charge in [0.05, 0.1) is 6.04 Å². The molecule has 2 rings (SSSR count). The van der Waals surface area contributed by atoms with E-state index in [0.717, 1.165) is 12.0 Å². The van der Waals surface area contributed by atoms with E-state index in [4.69, 9.17) is 10.5 Å². The van der Waals surface area contributed by atoms with Crippen LogP contribution in [0.4, 0.5) is 4.79 Å². The van der Waals surface area contributed by atoms with E-state index in [-0.39, 0.29) is 12.1 Å². The summed E-state index contributed by atoms with van der Waals surface area (Å²) in [6, 6.07) is 8.14. The van der Waals surface area contributed by atoms with Gasteiger partial charge in [-0.1, -0.05) is 24.3 Å². The molecule has 0 aliphatic carbocycles. The molecule has 1 saturated heterocycles. The van der Waals surface area contributed by atoms with Crippen LogP contribution in [-0.4, -0.2) is 30.7 Å². The molecule has 0 radical (unpaired) electrons. The van der Waals surface area contributed by atoms with E-state index in [1.54, 1.807) is 4.90 Å². The van der Waals surface area contributed by atoms with Gasteiger partial charge in [0.1, 0.15) is 6.61 Å². The Hall–Kier alpha value is -1.55. The molecule has 17 heavy (non-hydrogen) atoms. The van der Waals surface area contributed by atoms with Gasteiger partial charge in [-0.3, -0.25) is 4.90 Å². The maximum atomic E-state index is 11.6. The number of carbonyl (C=O) groups is 1. The fourth-order valence-electron chi connectivity index (χ4n) is 2.18. The first-order valence-electron chi connectivity index (χ1n) is 5.93. The van der Waals surface area contributed by atoms with Gasteiger partial charge in [-0.25, -0.2) is 4.79 Å². The molecule has 1 heterocycles. The molecule has 0 aromatic heterocycles. The van der Waals surface area contributed by atoms with Crippen LogP contribution >= 0.6 is 0 Å². The summed E-state index contributed by atoms with van der Waals surface area (Å²) in [5.74, 6) is 0. The van der Waals surface area contributed by atoms with Gasteiger partial charge in [0, 0.05) is 6.54 Å². The maximum Gasteiger partial charge on any atom is 0.410 e. The van der Waals surface area contributed by atoms with Crippen LogP contribution in [0.2, 0.25) is 0 Å². The van der Waals surface area contributed by atoms with E-state index in [9.17, 15) is 4.79 Å². The zero-order chi connectivity index (χ0) is 12.3. The van der Waals surface area contributed by atoms with Crippen LogP contribution in [0.3, 0.4) is 0 Å². The average molecular weight is 234 g/mol. The molecule has 1 amide bonds. The van der Waals surface area contributed by atoms with E-state index in [1.165, 1.54) is 5.56 Å². The van der Waals surface area contributed by atoms with E-state index in [0.29, 0.717) is 19.7 Å². The number of hydrogen-bond donors (Lipinski definition) is 1. The summed E-state index contributed by atoms with van der Waals surface area (Å²) >= 11 is 0. The lowest BCUT2D eigenvalue weighted by atomic mass is 10.0. The lowest BCUT2D eigenvalue weighted by molar-refractivity contribution is 0.157. The number of benzene rings is 1. The maximum absolute atomic E-state index is 11.6. The molecule has 1 atom stereocenters. The summed E-state index contributed by atoms with van der Waals surface area (Å²) in [6.07, 6.45) is 0.573. The van der Waals surface area contributed by atoms with Gasteiger partial charge in [-0.15, -0.1) is 0 Å². The number of nitrogens with zero attached hydrogens (tertiary/aromatic N) is 1. The lowest BCUT2D eigenvalue weighted by Crippen LogP contribution is -2.30. The SMILES string of the molecule is Cc1ccccc1C1COC(=O)N1CCCN. The molecule has 1 aromatic carbocycles. The highest BCUT2D eigenvalue weighted by Crippen LogP contribution is 2.29. The van der Waals surface area contributed by atoms with Gasteiger partial charge in [-0.2, -0.15) is 0 Å². The van der Waals surface area contributed by atoms with Gasteiger partial charge < -0.3 is 10.5 Å². The molecular weight excluding hydrogens is 216 g/mol. The summed E-state index contributed by atoms with van der Waals surface area (Å²) in [4.78, 5) is 13.4. The van der Waals surface area contributed by atoms with E-state index < -0.39 is 0 Å². The predicted molar refractivity (Wildman–Crippen MR) is 65.6 cm³/mol. The second-order valence-corrected chi connectivity index (χ2v) is 4.28. The average Bonchev–Trinajstić information content (AvgIpc) is 2.69. The number of amides is 1. The number of aryl methyl sites for hydroxylation is 1. The van der Waals surface area contributed by atoms with E-state index in [2.05, 4.69) is 19.1 Å². The standard InChI is InChI=1S/C13H18N2O2/c1-10-5-2-3-6-11(10)12-9-17-13(16)15(12)8-4-7-14/h2-3,5-6,12H,4,7-9,14H2,1H3. The van der Waals surface area contributed by atoms with Gasteiger partial charge >= 0.3 is 6.09 Å². The van der Waals surface area contributed by atoms with Crippen molar-refractivity contribution < 1.29 is 9.53 Å². The Morgan fingerprint density at radius 2 is 2.24 bits per heavy atom. The van der Waals surface area contributed by atoms with E-state index >= 15 is 0 Å². The Morgan fingerprint density at radius 3 is 2.94 bits per heavy atom. The Balaban J connectivity index is 2.19. The van der Waals surface area contributed by atoms with Crippen molar-refractivity contribution >= 4 is 6.09 Å². The molecule has 1 aliphatic heterocycles. The van der Waals surface area contributed by atoms with Crippen molar-refractivity contribution in [1.29, 1.82) is 0 Å². The van der Waals surface area contributed by atoms with Crippen molar-refractivity contribution in [1.82, 2.24) is 4.90 Å². The highest BCUT2D eigenvalue weighted by atomic mass is 16.6. The van der Waals surface area contributed by atoms with Crippen molar-refractivity contribution in [2.75, 3.05) is 19.7 Å². The van der Waals surface area contributed by atoms with Crippen LogP contribution in [0, 0.1) is 6.92 Å². The number of ether oxygens (including phenoxy) is 1. The van der Waals surface area contributed by atoms with Crippen LogP contribution < -0.4 is 5.73 Å². The molecule has 2 N–H and O–H groups in total. The Bertz CT molecular complexity index is 406. The first-order valence-corrected chi connectivity index (χ1v) is 5.93. The van der Waals surface area contributed by atoms with Crippen molar-refractivity contribution in [2.45, 2.75) is 19.4 Å². The zero-order valence-electron chi connectivity index (χ0n) is 10.1. The molecule has 1 aliphatic rings. The van der Waals surface area contributed by atoms with Crippen molar-refractivity contribution in [3.8, 4) is 0 Å². The Kier molecular flexibility index (Phi) is 3.64. The summed E-state index contributed by atoms with van der Waals surface area (Å²) in [5.41, 5.74) is 7.84. The molecule has 0 bridgehead atoms. The zero-order valence-corrected chi connectivity index (χ0v) is 10.1. The Morgan fingerprint density at radius 1 is 1.47 bits per heavy atom. The molecule has 1 unspecified atom stereocenters. The number of rotatable bonds is 4. The molecule has 4 nitrogen and oxygen atoms in total. The van der Waals surface area contributed by atoms with Crippen LogP contribution in [0.25, 0.3) is 0 Å². The van der Waals surface area contributed by atoms with Crippen molar-refractivity contribution in [2.24, 2.45) is 5.73 Å². The number of hydrogen-bond acceptors (Lipinski definition) is 3. The highest BCUT2D eigenvalue weighted by Gasteiger charge is 2.33. The fraction of sp³-hybridized carbons (Fsp3) is 0.462. The van der Waals surface area contributed by atoms with Gasteiger partial charge in [0.15, 0.2) is 0 Å². The van der Waals surface area contributed by atoms with Crippen molar-refractivity contribution in [3.05, 3.63) is 35.4 Å². The molecule has 0 saturated carbocycles. The molecule has 0 spiro atoms. The number of carbonyl (C=O) groups excluding carboxylic acids is 1. The molecular formula is C13H18N2O2. The van der Waals surface area contributed by atoms with Gasteiger partial charge in [-0.05, 0) is 31.0 Å². The van der Waals surface area contributed by atoms with Gasteiger partial charge in [0.2, 0.25) is 0 Å². The third-order valence-corrected chi connectivity index (χ3v) is 3.13. The second kappa shape index (κ2) is 5.19. The second-order valence-electron chi connectivity index (χ2n) is 4.28. The molecule has 1 aromatic rings. The first-order chi connectivity index (χ1) is 8.24. The number of cyclic esters (lactones) is 1. The summed E-state index contributed by atoms with van der Waals surface area (Å²) in [6.45, 7) is 3.74. The Labute approximate surface area is 101 Å². The summed E-state index contributed by atoms with van der Waals surface area (Å²) in [5, 5.41) is 0. The minimum absolute atomic E-state index is 0.0373. The van der Waals surface area contributed by atoms with Crippen LogP contribution in [0.1, 0.15) is 23.6 Å². The van der Waals surface area contributed by atoms with Crippen molar-refractivity contribution in [3.63, 3.8) is 0 Å². The largest absolute Gasteiger partial charge is 0.447 e.